The number of halogens is 1. The Labute approximate surface area is 144 Å². The number of benzene rings is 2. The number of phenolic OH excluding ortho intramolecular Hbond substituents is 1. The molecule has 2 N–H and O–H groups in total. The number of hydrogen-bond donors (Lipinski definition) is 2. The standard InChI is InChI=1S/C18H18ClNO4/c19-10-11-8-14-12-4-1-2-5-13(12)16(21)9-15(14)20(11)17(22)6-3-7-18(23)24/h1-2,4-5,9,11,21H,3,6-8,10H2,(H,23,24)/t11-/m1/s1. The number of hydrogen-bond acceptors (Lipinski definition) is 3. The van der Waals surface area contributed by atoms with E-state index in [-0.39, 0.29) is 42.8 Å². The molecular weight excluding hydrogens is 330 g/mol. The lowest BCUT2D eigenvalue weighted by molar-refractivity contribution is -0.137. The summed E-state index contributed by atoms with van der Waals surface area (Å²) in [5, 5.41) is 20.7. The zero-order valence-electron chi connectivity index (χ0n) is 13.0. The van der Waals surface area contributed by atoms with Crippen LogP contribution in [0.15, 0.2) is 30.3 Å². The van der Waals surface area contributed by atoms with Crippen LogP contribution >= 0.6 is 11.6 Å². The SMILES string of the molecule is O=C(O)CCCC(=O)N1c2cc(O)c3ccccc3c2C[C@@H]1CCl. The van der Waals surface area contributed by atoms with Crippen molar-refractivity contribution >= 4 is 39.9 Å². The molecule has 24 heavy (non-hydrogen) atoms. The summed E-state index contributed by atoms with van der Waals surface area (Å²) in [6, 6.07) is 8.96. The molecule has 2 aromatic rings. The van der Waals surface area contributed by atoms with Gasteiger partial charge >= 0.3 is 5.97 Å². The highest BCUT2D eigenvalue weighted by Crippen LogP contribution is 2.42. The molecule has 0 radical (unpaired) electrons. The van der Waals surface area contributed by atoms with E-state index in [0.29, 0.717) is 12.1 Å². The highest BCUT2D eigenvalue weighted by Gasteiger charge is 2.34. The molecule has 6 heteroatoms. The van der Waals surface area contributed by atoms with Crippen molar-refractivity contribution in [2.45, 2.75) is 31.7 Å². The Bertz CT molecular complexity index is 805. The highest BCUT2D eigenvalue weighted by atomic mass is 35.5. The second-order valence-corrected chi connectivity index (χ2v) is 6.27. The first-order valence-corrected chi connectivity index (χ1v) is 8.39. The van der Waals surface area contributed by atoms with Crippen molar-refractivity contribution in [2.75, 3.05) is 10.8 Å². The van der Waals surface area contributed by atoms with Crippen LogP contribution in [-0.4, -0.2) is 34.0 Å². The Balaban J connectivity index is 1.97. The third kappa shape index (κ3) is 2.91. The van der Waals surface area contributed by atoms with E-state index in [2.05, 4.69) is 0 Å². The molecule has 1 atom stereocenters. The highest BCUT2D eigenvalue weighted by molar-refractivity contribution is 6.19. The van der Waals surface area contributed by atoms with Crippen LogP contribution in [0.5, 0.6) is 5.75 Å². The smallest absolute Gasteiger partial charge is 0.303 e. The number of alkyl halides is 1. The average Bonchev–Trinajstić information content (AvgIpc) is 2.93. The van der Waals surface area contributed by atoms with Gasteiger partial charge in [-0.2, -0.15) is 0 Å². The Morgan fingerprint density at radius 1 is 1.21 bits per heavy atom. The van der Waals surface area contributed by atoms with Gasteiger partial charge in [-0.05, 0) is 23.8 Å². The van der Waals surface area contributed by atoms with E-state index < -0.39 is 5.97 Å². The van der Waals surface area contributed by atoms with Crippen molar-refractivity contribution in [1.29, 1.82) is 0 Å². The van der Waals surface area contributed by atoms with Gasteiger partial charge in [0.2, 0.25) is 5.91 Å². The molecule has 1 amide bonds. The molecule has 0 spiro atoms. The number of carboxylic acids is 1. The Kier molecular flexibility index (Phi) is 4.62. The van der Waals surface area contributed by atoms with Crippen molar-refractivity contribution in [3.8, 4) is 5.75 Å². The lowest BCUT2D eigenvalue weighted by Crippen LogP contribution is -2.38. The van der Waals surface area contributed by atoms with Crippen LogP contribution in [0.1, 0.15) is 24.8 Å². The van der Waals surface area contributed by atoms with Crippen molar-refractivity contribution in [3.05, 3.63) is 35.9 Å². The molecule has 0 bridgehead atoms. The van der Waals surface area contributed by atoms with E-state index in [1.807, 2.05) is 24.3 Å². The van der Waals surface area contributed by atoms with E-state index in [0.717, 1.165) is 16.3 Å². The number of carboxylic acid groups (broad SMARTS) is 1. The number of amides is 1. The first-order chi connectivity index (χ1) is 11.5. The van der Waals surface area contributed by atoms with Gasteiger partial charge in [-0.25, -0.2) is 0 Å². The normalized spacial score (nSPS) is 16.4. The molecule has 0 aliphatic carbocycles. The quantitative estimate of drug-likeness (QED) is 0.813. The van der Waals surface area contributed by atoms with Crippen molar-refractivity contribution in [3.63, 3.8) is 0 Å². The third-order valence-corrected chi connectivity index (χ3v) is 4.76. The third-order valence-electron chi connectivity index (χ3n) is 4.40. The van der Waals surface area contributed by atoms with E-state index in [1.54, 1.807) is 11.0 Å². The number of fused-ring (bicyclic) bond motifs is 3. The zero-order chi connectivity index (χ0) is 17.3. The molecule has 1 heterocycles. The molecule has 2 aromatic carbocycles. The van der Waals surface area contributed by atoms with Crippen LogP contribution in [0.4, 0.5) is 5.69 Å². The summed E-state index contributed by atoms with van der Waals surface area (Å²) in [7, 11) is 0. The summed E-state index contributed by atoms with van der Waals surface area (Å²) in [5.41, 5.74) is 1.68. The van der Waals surface area contributed by atoms with Crippen molar-refractivity contribution < 1.29 is 19.8 Å². The summed E-state index contributed by atoms with van der Waals surface area (Å²) >= 11 is 6.06. The van der Waals surface area contributed by atoms with Gasteiger partial charge in [0.1, 0.15) is 5.75 Å². The Morgan fingerprint density at radius 3 is 2.58 bits per heavy atom. The predicted molar refractivity (Wildman–Crippen MR) is 92.8 cm³/mol. The number of aromatic hydroxyl groups is 1. The average molecular weight is 348 g/mol. The number of rotatable bonds is 5. The summed E-state index contributed by atoms with van der Waals surface area (Å²) in [5.74, 6) is -0.658. The molecular formula is C18H18ClNO4. The summed E-state index contributed by atoms with van der Waals surface area (Å²) in [4.78, 5) is 24.9. The number of nitrogens with zero attached hydrogens (tertiary/aromatic N) is 1. The predicted octanol–water partition coefficient (Wildman–Crippen LogP) is 3.30. The summed E-state index contributed by atoms with van der Waals surface area (Å²) in [6.45, 7) is 0. The molecule has 0 aromatic heterocycles. The molecule has 1 aliphatic rings. The lowest BCUT2D eigenvalue weighted by Gasteiger charge is -2.24. The number of anilines is 1. The molecule has 0 fully saturated rings. The minimum Gasteiger partial charge on any atom is -0.507 e. The Morgan fingerprint density at radius 2 is 1.92 bits per heavy atom. The van der Waals surface area contributed by atoms with Crippen molar-refractivity contribution in [2.24, 2.45) is 0 Å². The van der Waals surface area contributed by atoms with Crippen LogP contribution in [-0.2, 0) is 16.0 Å². The summed E-state index contributed by atoms with van der Waals surface area (Å²) < 4.78 is 0. The number of phenols is 1. The van der Waals surface area contributed by atoms with Crippen molar-refractivity contribution in [1.82, 2.24) is 0 Å². The van der Waals surface area contributed by atoms with Crippen LogP contribution in [0.3, 0.4) is 0 Å². The topological polar surface area (TPSA) is 77.8 Å². The number of carbonyl (C=O) groups is 2. The molecule has 3 rings (SSSR count). The fourth-order valence-electron chi connectivity index (χ4n) is 3.33. The van der Waals surface area contributed by atoms with Crippen LogP contribution in [0.25, 0.3) is 10.8 Å². The minimum absolute atomic E-state index is 0.0407. The van der Waals surface area contributed by atoms with Gasteiger partial charge in [-0.1, -0.05) is 24.3 Å². The fourth-order valence-corrected chi connectivity index (χ4v) is 3.58. The minimum atomic E-state index is -0.915. The van der Waals surface area contributed by atoms with Gasteiger partial charge in [0.15, 0.2) is 0 Å². The van der Waals surface area contributed by atoms with Gasteiger partial charge in [-0.3, -0.25) is 9.59 Å². The lowest BCUT2D eigenvalue weighted by atomic mass is 10.0. The summed E-state index contributed by atoms with van der Waals surface area (Å²) in [6.07, 6.45) is 1.02. The van der Waals surface area contributed by atoms with Gasteiger partial charge in [0.05, 0.1) is 11.7 Å². The van der Waals surface area contributed by atoms with Gasteiger partial charge < -0.3 is 15.1 Å². The first kappa shape index (κ1) is 16.6. The second kappa shape index (κ2) is 6.69. The maximum atomic E-state index is 12.6. The molecule has 0 saturated carbocycles. The van der Waals surface area contributed by atoms with E-state index in [4.69, 9.17) is 16.7 Å². The van der Waals surface area contributed by atoms with Crippen LogP contribution in [0, 0.1) is 0 Å². The van der Waals surface area contributed by atoms with Crippen LogP contribution in [0.2, 0.25) is 0 Å². The number of carbonyl (C=O) groups excluding carboxylic acids is 1. The maximum absolute atomic E-state index is 12.6. The van der Waals surface area contributed by atoms with E-state index in [1.165, 1.54) is 0 Å². The Hall–Kier alpha value is -2.27. The van der Waals surface area contributed by atoms with Gasteiger partial charge in [0, 0.05) is 30.2 Å². The maximum Gasteiger partial charge on any atom is 0.303 e. The van der Waals surface area contributed by atoms with Gasteiger partial charge in [-0.15, -0.1) is 11.6 Å². The molecule has 5 nitrogen and oxygen atoms in total. The molecule has 0 unspecified atom stereocenters. The number of aliphatic carboxylic acids is 1. The second-order valence-electron chi connectivity index (χ2n) is 5.96. The molecule has 0 saturated heterocycles. The molecule has 126 valence electrons. The molecule has 1 aliphatic heterocycles. The largest absolute Gasteiger partial charge is 0.507 e. The fraction of sp³-hybridized carbons (Fsp3) is 0.333. The monoisotopic (exact) mass is 347 g/mol. The zero-order valence-corrected chi connectivity index (χ0v) is 13.8. The van der Waals surface area contributed by atoms with E-state index in [9.17, 15) is 14.7 Å². The first-order valence-electron chi connectivity index (χ1n) is 7.86. The van der Waals surface area contributed by atoms with E-state index >= 15 is 0 Å². The van der Waals surface area contributed by atoms with Gasteiger partial charge in [0.25, 0.3) is 0 Å². The van der Waals surface area contributed by atoms with Crippen LogP contribution < -0.4 is 4.90 Å².